The van der Waals surface area contributed by atoms with Crippen molar-refractivity contribution >= 4 is 0 Å². The summed E-state index contributed by atoms with van der Waals surface area (Å²) < 4.78 is 26.5. The summed E-state index contributed by atoms with van der Waals surface area (Å²) in [5, 5.41) is 0. The fourth-order valence-corrected chi connectivity index (χ4v) is 3.52. The van der Waals surface area contributed by atoms with Gasteiger partial charge in [-0.3, -0.25) is 0 Å². The van der Waals surface area contributed by atoms with Crippen molar-refractivity contribution in [3.05, 3.63) is 70.8 Å². The molecular formula is C18H19F2N. The highest BCUT2D eigenvalue weighted by atomic mass is 19.2. The molecule has 0 spiro atoms. The number of hydrogen-bond acceptors (Lipinski definition) is 1. The number of benzene rings is 2. The third kappa shape index (κ3) is 2.58. The summed E-state index contributed by atoms with van der Waals surface area (Å²) in [7, 11) is 0. The summed E-state index contributed by atoms with van der Waals surface area (Å²) in [4.78, 5) is 0. The van der Waals surface area contributed by atoms with Gasteiger partial charge in [-0.25, -0.2) is 8.78 Å². The third-order valence-corrected chi connectivity index (χ3v) is 4.61. The molecule has 0 aromatic heterocycles. The van der Waals surface area contributed by atoms with Crippen molar-refractivity contribution in [3.8, 4) is 0 Å². The van der Waals surface area contributed by atoms with Crippen molar-refractivity contribution in [3.63, 3.8) is 0 Å². The molecule has 0 bridgehead atoms. The lowest BCUT2D eigenvalue weighted by molar-refractivity contribution is 0.364. The third-order valence-electron chi connectivity index (χ3n) is 4.61. The number of aryl methyl sites for hydroxylation is 1. The van der Waals surface area contributed by atoms with Gasteiger partial charge in [-0.05, 0) is 54.5 Å². The Labute approximate surface area is 123 Å². The average molecular weight is 287 g/mol. The normalized spacial score (nSPS) is 21.1. The van der Waals surface area contributed by atoms with Gasteiger partial charge in [-0.1, -0.05) is 30.3 Å². The maximum atomic E-state index is 13.5. The first-order chi connectivity index (χ1) is 10.1. The van der Waals surface area contributed by atoms with E-state index < -0.39 is 11.6 Å². The molecule has 0 fully saturated rings. The van der Waals surface area contributed by atoms with Gasteiger partial charge in [0.05, 0.1) is 0 Å². The first-order valence-corrected chi connectivity index (χ1v) is 7.37. The van der Waals surface area contributed by atoms with Gasteiger partial charge in [0.1, 0.15) is 0 Å². The Bertz CT molecular complexity index is 653. The average Bonchev–Trinajstić information content (AvgIpc) is 2.51. The zero-order chi connectivity index (χ0) is 14.9. The fraction of sp³-hybridized carbons (Fsp3) is 0.333. The molecule has 3 rings (SSSR count). The molecule has 2 aromatic rings. The molecule has 1 aliphatic carbocycles. The van der Waals surface area contributed by atoms with Crippen LogP contribution in [0.2, 0.25) is 0 Å². The van der Waals surface area contributed by atoms with Crippen LogP contribution in [0.25, 0.3) is 0 Å². The zero-order valence-electron chi connectivity index (χ0n) is 11.9. The van der Waals surface area contributed by atoms with Crippen LogP contribution in [0.5, 0.6) is 0 Å². The van der Waals surface area contributed by atoms with Gasteiger partial charge in [0.15, 0.2) is 11.6 Å². The van der Waals surface area contributed by atoms with Gasteiger partial charge in [0.25, 0.3) is 0 Å². The van der Waals surface area contributed by atoms with E-state index in [-0.39, 0.29) is 5.41 Å². The molecule has 1 nitrogen and oxygen atoms in total. The molecule has 110 valence electrons. The summed E-state index contributed by atoms with van der Waals surface area (Å²) in [5.41, 5.74) is 9.33. The first-order valence-electron chi connectivity index (χ1n) is 7.37. The van der Waals surface area contributed by atoms with Gasteiger partial charge in [-0.2, -0.15) is 0 Å². The van der Waals surface area contributed by atoms with Crippen LogP contribution in [0.3, 0.4) is 0 Å². The highest BCUT2D eigenvalue weighted by Crippen LogP contribution is 2.39. The summed E-state index contributed by atoms with van der Waals surface area (Å²) in [5.74, 6) is -1.59. The van der Waals surface area contributed by atoms with Crippen LogP contribution in [0.15, 0.2) is 42.5 Å². The molecule has 2 aromatic carbocycles. The van der Waals surface area contributed by atoms with Crippen LogP contribution >= 0.6 is 0 Å². The van der Waals surface area contributed by atoms with E-state index in [1.54, 1.807) is 6.07 Å². The fourth-order valence-electron chi connectivity index (χ4n) is 3.52. The quantitative estimate of drug-likeness (QED) is 0.914. The lowest BCUT2D eigenvalue weighted by Gasteiger charge is -2.38. The van der Waals surface area contributed by atoms with Gasteiger partial charge in [0.2, 0.25) is 0 Å². The summed E-state index contributed by atoms with van der Waals surface area (Å²) in [6, 6.07) is 12.5. The van der Waals surface area contributed by atoms with E-state index in [2.05, 4.69) is 12.1 Å². The Hall–Kier alpha value is -1.74. The molecule has 0 amide bonds. The predicted octanol–water partition coefficient (Wildman–Crippen LogP) is 3.74. The van der Waals surface area contributed by atoms with Crippen molar-refractivity contribution in [1.29, 1.82) is 0 Å². The van der Waals surface area contributed by atoms with Gasteiger partial charge in [-0.15, -0.1) is 0 Å². The maximum absolute atomic E-state index is 13.5. The number of halogens is 2. The Morgan fingerprint density at radius 3 is 2.62 bits per heavy atom. The molecular weight excluding hydrogens is 268 g/mol. The van der Waals surface area contributed by atoms with Crippen LogP contribution in [0, 0.1) is 11.6 Å². The molecule has 0 radical (unpaired) electrons. The van der Waals surface area contributed by atoms with E-state index in [0.29, 0.717) is 13.0 Å². The second-order valence-corrected chi connectivity index (χ2v) is 5.92. The highest BCUT2D eigenvalue weighted by Gasteiger charge is 2.35. The maximum Gasteiger partial charge on any atom is 0.159 e. The van der Waals surface area contributed by atoms with E-state index in [0.717, 1.165) is 24.8 Å². The van der Waals surface area contributed by atoms with Crippen LogP contribution in [0.4, 0.5) is 8.78 Å². The molecule has 1 unspecified atom stereocenters. The molecule has 3 heteroatoms. The lowest BCUT2D eigenvalue weighted by atomic mass is 9.67. The Morgan fingerprint density at radius 1 is 1.05 bits per heavy atom. The largest absolute Gasteiger partial charge is 0.330 e. The Balaban J connectivity index is 2.00. The molecule has 0 saturated heterocycles. The number of nitrogens with two attached hydrogens (primary N) is 1. The van der Waals surface area contributed by atoms with Crippen LogP contribution < -0.4 is 5.73 Å². The van der Waals surface area contributed by atoms with Crippen LogP contribution in [-0.4, -0.2) is 6.54 Å². The molecule has 0 aliphatic heterocycles. The Kier molecular flexibility index (Phi) is 3.77. The van der Waals surface area contributed by atoms with E-state index in [4.69, 9.17) is 5.73 Å². The zero-order valence-corrected chi connectivity index (χ0v) is 11.9. The SMILES string of the molecule is NCC1(Cc2ccc(F)c(F)c2)CCCc2ccccc21. The van der Waals surface area contributed by atoms with Crippen molar-refractivity contribution in [2.45, 2.75) is 31.1 Å². The minimum Gasteiger partial charge on any atom is -0.330 e. The van der Waals surface area contributed by atoms with Crippen molar-refractivity contribution < 1.29 is 8.78 Å². The van der Waals surface area contributed by atoms with E-state index >= 15 is 0 Å². The highest BCUT2D eigenvalue weighted by molar-refractivity contribution is 5.39. The van der Waals surface area contributed by atoms with Gasteiger partial charge < -0.3 is 5.73 Å². The molecule has 21 heavy (non-hydrogen) atoms. The van der Waals surface area contributed by atoms with Gasteiger partial charge >= 0.3 is 0 Å². The number of fused-ring (bicyclic) bond motifs is 1. The topological polar surface area (TPSA) is 26.0 Å². The lowest BCUT2D eigenvalue weighted by Crippen LogP contribution is -2.40. The van der Waals surface area contributed by atoms with Crippen molar-refractivity contribution in [2.24, 2.45) is 5.73 Å². The summed E-state index contributed by atoms with van der Waals surface area (Å²) >= 11 is 0. The Morgan fingerprint density at radius 2 is 1.86 bits per heavy atom. The molecule has 0 heterocycles. The minimum atomic E-state index is -0.801. The van der Waals surface area contributed by atoms with Gasteiger partial charge in [0, 0.05) is 12.0 Å². The standard InChI is InChI=1S/C18H19F2N/c19-16-8-7-13(10-17(16)20)11-18(12-21)9-3-5-14-4-1-2-6-15(14)18/h1-2,4,6-8,10H,3,5,9,11-12,21H2. The monoisotopic (exact) mass is 287 g/mol. The van der Waals surface area contributed by atoms with E-state index in [1.165, 1.54) is 23.3 Å². The van der Waals surface area contributed by atoms with E-state index in [9.17, 15) is 8.78 Å². The molecule has 1 atom stereocenters. The molecule has 0 saturated carbocycles. The minimum absolute atomic E-state index is 0.168. The number of hydrogen-bond donors (Lipinski definition) is 1. The first kappa shape index (κ1) is 14.2. The van der Waals surface area contributed by atoms with Crippen molar-refractivity contribution in [1.82, 2.24) is 0 Å². The summed E-state index contributed by atoms with van der Waals surface area (Å²) in [6.07, 6.45) is 3.78. The van der Waals surface area contributed by atoms with Crippen LogP contribution in [0.1, 0.15) is 29.5 Å². The number of rotatable bonds is 3. The van der Waals surface area contributed by atoms with Crippen LogP contribution in [-0.2, 0) is 18.3 Å². The van der Waals surface area contributed by atoms with Crippen molar-refractivity contribution in [2.75, 3.05) is 6.54 Å². The second kappa shape index (κ2) is 5.57. The van der Waals surface area contributed by atoms with E-state index in [1.807, 2.05) is 12.1 Å². The second-order valence-electron chi connectivity index (χ2n) is 5.92. The predicted molar refractivity (Wildman–Crippen MR) is 80.2 cm³/mol. The summed E-state index contributed by atoms with van der Waals surface area (Å²) in [6.45, 7) is 0.517. The molecule has 2 N–H and O–H groups in total. The smallest absolute Gasteiger partial charge is 0.159 e. The molecule has 1 aliphatic rings.